The second kappa shape index (κ2) is 14.2. The van der Waals surface area contributed by atoms with Crippen LogP contribution in [0.15, 0.2) is 11.6 Å². The third-order valence-electron chi connectivity index (χ3n) is 17.4. The van der Waals surface area contributed by atoms with E-state index in [-0.39, 0.29) is 41.8 Å². The lowest BCUT2D eigenvalue weighted by molar-refractivity contribution is -0.313. The van der Waals surface area contributed by atoms with Crippen molar-refractivity contribution in [3.8, 4) is 0 Å². The van der Waals surface area contributed by atoms with Crippen LogP contribution in [0.25, 0.3) is 0 Å². The molecule has 14 nitrogen and oxygen atoms in total. The minimum atomic E-state index is -1.73. The zero-order valence-electron chi connectivity index (χ0n) is 33.2. The molecule has 7 rings (SSSR count). The number of esters is 1. The molecule has 0 aromatic carbocycles. The van der Waals surface area contributed by atoms with E-state index in [4.69, 9.17) is 18.9 Å². The van der Waals surface area contributed by atoms with Gasteiger partial charge in [-0.05, 0) is 98.7 Å². The number of hydrogen-bond donors (Lipinski definition) is 9. The molecule has 2 heterocycles. The van der Waals surface area contributed by atoms with Gasteiger partial charge in [-0.25, -0.2) is 0 Å². The number of aliphatic hydroxyl groups excluding tert-OH is 8. The summed E-state index contributed by atoms with van der Waals surface area (Å²) in [5.41, 5.74) is -2.97. The maximum absolute atomic E-state index is 14.6. The van der Waals surface area contributed by atoms with E-state index in [2.05, 4.69) is 26.8 Å². The summed E-state index contributed by atoms with van der Waals surface area (Å²) in [5.74, 6) is -1.14. The van der Waals surface area contributed by atoms with E-state index in [1.807, 2.05) is 20.8 Å². The number of fused-ring (bicyclic) bond motifs is 7. The van der Waals surface area contributed by atoms with Crippen LogP contribution in [0, 0.1) is 50.7 Å². The van der Waals surface area contributed by atoms with Crippen LogP contribution >= 0.6 is 0 Å². The van der Waals surface area contributed by atoms with Gasteiger partial charge in [0.25, 0.3) is 0 Å². The van der Waals surface area contributed by atoms with Crippen molar-refractivity contribution in [2.75, 3.05) is 19.8 Å². The Morgan fingerprint density at radius 1 is 0.818 bits per heavy atom. The van der Waals surface area contributed by atoms with Crippen LogP contribution in [0.4, 0.5) is 0 Å². The molecule has 0 aromatic rings. The molecule has 2 saturated heterocycles. The van der Waals surface area contributed by atoms with E-state index in [0.717, 1.165) is 24.8 Å². The second-order valence-electron chi connectivity index (χ2n) is 19.7. The van der Waals surface area contributed by atoms with Crippen LogP contribution in [0.5, 0.6) is 0 Å². The monoisotopic (exact) mass is 782 g/mol. The van der Waals surface area contributed by atoms with Crippen LogP contribution in [0.3, 0.4) is 0 Å². The quantitative estimate of drug-likeness (QED) is 0.104. The molecular formula is C41H66O14. The number of rotatable bonds is 6. The number of allylic oxidation sites excluding steroid dienone is 1. The smallest absolute Gasteiger partial charge is 0.315 e. The summed E-state index contributed by atoms with van der Waals surface area (Å²) in [6.07, 6.45) is -5.44. The van der Waals surface area contributed by atoms with Gasteiger partial charge >= 0.3 is 5.97 Å². The number of hydrogen-bond acceptors (Lipinski definition) is 14. The molecular weight excluding hydrogens is 716 g/mol. The van der Waals surface area contributed by atoms with Gasteiger partial charge in [0.05, 0.1) is 36.9 Å². The molecule has 0 spiro atoms. The zero-order chi connectivity index (χ0) is 40.3. The predicted molar refractivity (Wildman–Crippen MR) is 194 cm³/mol. The number of carbonyl (C=O) groups is 1. The van der Waals surface area contributed by atoms with E-state index < -0.39 is 102 Å². The van der Waals surface area contributed by atoms with Gasteiger partial charge in [0.15, 0.2) is 6.29 Å². The minimum Gasteiger partial charge on any atom is -0.432 e. The average Bonchev–Trinajstić information content (AvgIpc) is 3.14. The van der Waals surface area contributed by atoms with Gasteiger partial charge < -0.3 is 64.9 Å². The van der Waals surface area contributed by atoms with Crippen LogP contribution in [-0.4, -0.2) is 139 Å². The molecule has 20 atom stereocenters. The number of ether oxygens (including phenoxy) is 4. The van der Waals surface area contributed by atoms with Crippen molar-refractivity contribution in [1.29, 1.82) is 0 Å². The predicted octanol–water partition coefficient (Wildman–Crippen LogP) is 0.899. The summed E-state index contributed by atoms with van der Waals surface area (Å²) in [6, 6.07) is 0. The Morgan fingerprint density at radius 2 is 1.51 bits per heavy atom. The van der Waals surface area contributed by atoms with Gasteiger partial charge in [-0.1, -0.05) is 46.3 Å². The standard InChI is InChI=1S/C41H66O14/c1-20-9-14-41(35(50)55-34-31(49)29(47)28(46)23(17-42)53-34)16-15-38(4)21(32(41)40(20,6)51)7-8-25-36(2)12-11-26(54-33-30(48)27(45)22(44)18-52-33)37(3,19-43)24(36)10-13-39(25,38)5/h7,20,22-34,42-49,51H,8-19H2,1-6H3/t20-,22+,23-,24-,25-,26+,27+,28-,29+,30-,31-,32-,33+,34+,36+,37+,38-,39-,40-,41+/m1/s1. The summed E-state index contributed by atoms with van der Waals surface area (Å²) >= 11 is 0. The molecule has 55 heavy (non-hydrogen) atoms. The first-order valence-corrected chi connectivity index (χ1v) is 20.5. The first kappa shape index (κ1) is 41.9. The Kier molecular flexibility index (Phi) is 10.8. The second-order valence-corrected chi connectivity index (χ2v) is 19.7. The van der Waals surface area contributed by atoms with Gasteiger partial charge in [-0.3, -0.25) is 4.79 Å². The Bertz CT molecular complexity index is 1490. The Labute approximate surface area is 323 Å². The molecule has 0 amide bonds. The van der Waals surface area contributed by atoms with Crippen LogP contribution in [0.1, 0.15) is 99.3 Å². The highest BCUT2D eigenvalue weighted by Gasteiger charge is 2.72. The van der Waals surface area contributed by atoms with Crippen LogP contribution in [0.2, 0.25) is 0 Å². The van der Waals surface area contributed by atoms with E-state index in [9.17, 15) is 50.8 Å². The molecule has 14 heteroatoms. The van der Waals surface area contributed by atoms with Gasteiger partial charge in [0.2, 0.25) is 6.29 Å². The number of carbonyl (C=O) groups excluding carboxylic acids is 1. The van der Waals surface area contributed by atoms with Crippen molar-refractivity contribution in [2.24, 2.45) is 50.7 Å². The SMILES string of the molecule is C[C@@H]1CC[C@]2(C(=O)O[C@@H]3O[C@H](CO)[C@@H](O)[C@H](O)[C@H]3O)CC[C@]3(C)C(=CC[C@@H]4[C@@]5(C)CC[C@H](O[C@@H]6OC[C@H](O)[C@H](O)[C@H]6O)[C@@](C)(CO)[C@@H]5CC[C@]43C)[C@@H]2[C@]1(C)O. The van der Waals surface area contributed by atoms with Crippen molar-refractivity contribution < 1.29 is 69.7 Å². The van der Waals surface area contributed by atoms with Crippen molar-refractivity contribution in [3.63, 3.8) is 0 Å². The third-order valence-corrected chi connectivity index (χ3v) is 17.4. The van der Waals surface area contributed by atoms with Crippen LogP contribution < -0.4 is 0 Å². The van der Waals surface area contributed by atoms with E-state index in [1.54, 1.807) is 0 Å². The highest BCUT2D eigenvalue weighted by atomic mass is 16.7. The third kappa shape index (κ3) is 5.89. The van der Waals surface area contributed by atoms with E-state index in [1.165, 1.54) is 0 Å². The topological polar surface area (TPSA) is 236 Å². The molecule has 9 N–H and O–H groups in total. The Balaban J connectivity index is 1.20. The first-order valence-electron chi connectivity index (χ1n) is 20.5. The summed E-state index contributed by atoms with van der Waals surface area (Å²) in [4.78, 5) is 14.6. The molecule has 0 bridgehead atoms. The largest absolute Gasteiger partial charge is 0.432 e. The maximum atomic E-state index is 14.6. The maximum Gasteiger partial charge on any atom is 0.315 e. The van der Waals surface area contributed by atoms with Crippen molar-refractivity contribution in [3.05, 3.63) is 11.6 Å². The molecule has 0 unspecified atom stereocenters. The highest BCUT2D eigenvalue weighted by molar-refractivity contribution is 5.79. The van der Waals surface area contributed by atoms with Crippen molar-refractivity contribution in [2.45, 2.75) is 166 Å². The lowest BCUT2D eigenvalue weighted by atomic mass is 9.33. The van der Waals surface area contributed by atoms with Gasteiger partial charge in [-0.2, -0.15) is 0 Å². The fraction of sp³-hybridized carbons (Fsp3) is 0.927. The zero-order valence-corrected chi connectivity index (χ0v) is 33.2. The average molecular weight is 783 g/mol. The lowest BCUT2D eigenvalue weighted by Crippen LogP contribution is -2.69. The fourth-order valence-corrected chi connectivity index (χ4v) is 13.5. The van der Waals surface area contributed by atoms with E-state index in [0.29, 0.717) is 38.5 Å². The van der Waals surface area contributed by atoms with E-state index >= 15 is 0 Å². The Morgan fingerprint density at radius 3 is 2.18 bits per heavy atom. The molecule has 0 radical (unpaired) electrons. The lowest BCUT2D eigenvalue weighted by Gasteiger charge is -2.72. The van der Waals surface area contributed by atoms with Crippen molar-refractivity contribution in [1.82, 2.24) is 0 Å². The molecule has 6 fully saturated rings. The molecule has 7 aliphatic rings. The summed E-state index contributed by atoms with van der Waals surface area (Å²) in [5, 5.41) is 96.0. The molecule has 2 aliphatic heterocycles. The summed E-state index contributed by atoms with van der Waals surface area (Å²) in [7, 11) is 0. The van der Waals surface area contributed by atoms with Gasteiger partial charge in [0.1, 0.15) is 42.7 Å². The minimum absolute atomic E-state index is 0.0469. The number of aliphatic hydroxyl groups is 9. The normalized spacial score (nSPS) is 56.6. The van der Waals surface area contributed by atoms with Crippen molar-refractivity contribution >= 4 is 5.97 Å². The molecule has 5 aliphatic carbocycles. The molecule has 314 valence electrons. The Hall–Kier alpha value is -1.27. The highest BCUT2D eigenvalue weighted by Crippen LogP contribution is 2.76. The first-order chi connectivity index (χ1) is 25.7. The molecule has 4 saturated carbocycles. The summed E-state index contributed by atoms with van der Waals surface area (Å²) < 4.78 is 23.5. The fourth-order valence-electron chi connectivity index (χ4n) is 13.5. The summed E-state index contributed by atoms with van der Waals surface area (Å²) in [6.45, 7) is 11.9. The van der Waals surface area contributed by atoms with Gasteiger partial charge in [-0.15, -0.1) is 0 Å². The molecule has 0 aromatic heterocycles. The van der Waals surface area contributed by atoms with Gasteiger partial charge in [0, 0.05) is 11.3 Å². The van der Waals surface area contributed by atoms with Crippen LogP contribution in [-0.2, 0) is 23.7 Å².